The highest BCUT2D eigenvalue weighted by Crippen LogP contribution is 2.34. The number of carbonyl (C=O) groups excluding carboxylic acids is 2. The zero-order valence-corrected chi connectivity index (χ0v) is 18.4. The number of benzene rings is 3. The van der Waals surface area contributed by atoms with Crippen molar-refractivity contribution in [3.05, 3.63) is 71.8 Å². The van der Waals surface area contributed by atoms with Gasteiger partial charge in [-0.3, -0.25) is 9.59 Å². The average molecular weight is 427 g/mol. The maximum atomic E-state index is 13.0. The van der Waals surface area contributed by atoms with Gasteiger partial charge < -0.3 is 14.6 Å². The van der Waals surface area contributed by atoms with Gasteiger partial charge in [0.1, 0.15) is 11.2 Å². The minimum Gasteiger partial charge on any atom is -0.456 e. The van der Waals surface area contributed by atoms with Gasteiger partial charge in [-0.05, 0) is 42.2 Å². The first-order chi connectivity index (χ1) is 15.6. The predicted octanol–water partition coefficient (Wildman–Crippen LogP) is 5.70. The number of furan rings is 1. The van der Waals surface area contributed by atoms with Crippen LogP contribution < -0.4 is 10.2 Å². The first-order valence-electron chi connectivity index (χ1n) is 11.2. The highest BCUT2D eigenvalue weighted by Gasteiger charge is 2.36. The minimum atomic E-state index is -0.386. The molecule has 2 amide bonds. The maximum Gasteiger partial charge on any atom is 0.229 e. The first kappa shape index (κ1) is 20.3. The van der Waals surface area contributed by atoms with Crippen molar-refractivity contribution in [1.82, 2.24) is 0 Å². The molecule has 1 unspecified atom stereocenters. The number of para-hydroxylation sites is 2. The highest BCUT2D eigenvalue weighted by molar-refractivity contribution is 6.07. The fourth-order valence-corrected chi connectivity index (χ4v) is 4.71. The van der Waals surface area contributed by atoms with Crippen LogP contribution in [0.2, 0.25) is 0 Å². The van der Waals surface area contributed by atoms with Crippen molar-refractivity contribution in [2.24, 2.45) is 5.92 Å². The van der Waals surface area contributed by atoms with E-state index in [0.717, 1.165) is 51.6 Å². The van der Waals surface area contributed by atoms with Crippen LogP contribution in [0.5, 0.6) is 0 Å². The SMILES string of the molecule is CCc1cccc(CC)c1N1CC(C(=O)Nc2ccc3c(c2)oc2ccccc23)CC1=O. The fourth-order valence-electron chi connectivity index (χ4n) is 4.71. The van der Waals surface area contributed by atoms with E-state index in [4.69, 9.17) is 4.42 Å². The van der Waals surface area contributed by atoms with Crippen LogP contribution in [0.25, 0.3) is 21.9 Å². The number of hydrogen-bond acceptors (Lipinski definition) is 3. The summed E-state index contributed by atoms with van der Waals surface area (Å²) in [4.78, 5) is 27.7. The number of nitrogens with one attached hydrogen (secondary N) is 1. The molecule has 32 heavy (non-hydrogen) atoms. The summed E-state index contributed by atoms with van der Waals surface area (Å²) in [6, 6.07) is 19.8. The molecule has 1 N–H and O–H groups in total. The Morgan fingerprint density at radius 1 is 0.969 bits per heavy atom. The van der Waals surface area contributed by atoms with Crippen molar-refractivity contribution in [2.45, 2.75) is 33.1 Å². The molecule has 5 rings (SSSR count). The lowest BCUT2D eigenvalue weighted by Gasteiger charge is -2.23. The molecule has 162 valence electrons. The molecule has 1 aliphatic rings. The van der Waals surface area contributed by atoms with E-state index in [-0.39, 0.29) is 24.2 Å². The van der Waals surface area contributed by atoms with Crippen LogP contribution in [0.4, 0.5) is 11.4 Å². The summed E-state index contributed by atoms with van der Waals surface area (Å²) in [5, 5.41) is 5.06. The molecule has 0 saturated carbocycles. The molecule has 2 heterocycles. The molecule has 0 radical (unpaired) electrons. The Morgan fingerprint density at radius 2 is 1.69 bits per heavy atom. The van der Waals surface area contributed by atoms with Gasteiger partial charge in [0.15, 0.2) is 0 Å². The van der Waals surface area contributed by atoms with E-state index in [2.05, 4.69) is 31.3 Å². The highest BCUT2D eigenvalue weighted by atomic mass is 16.3. The third-order valence-corrected chi connectivity index (χ3v) is 6.38. The molecular formula is C27H26N2O3. The van der Waals surface area contributed by atoms with Crippen LogP contribution in [-0.4, -0.2) is 18.4 Å². The van der Waals surface area contributed by atoms with E-state index in [9.17, 15) is 9.59 Å². The summed E-state index contributed by atoms with van der Waals surface area (Å²) in [5.41, 5.74) is 5.52. The number of carbonyl (C=O) groups is 2. The minimum absolute atomic E-state index is 0.00786. The van der Waals surface area contributed by atoms with E-state index < -0.39 is 0 Å². The smallest absolute Gasteiger partial charge is 0.229 e. The van der Waals surface area contributed by atoms with Gasteiger partial charge in [0, 0.05) is 41.2 Å². The molecular weight excluding hydrogens is 400 g/mol. The standard InChI is InChI=1S/C27H26N2O3/c1-3-17-8-7-9-18(4-2)26(17)29-16-19(14-25(29)30)27(31)28-20-12-13-22-21-10-5-6-11-23(21)32-24(22)15-20/h5-13,15,19H,3-4,14,16H2,1-2H3,(H,28,31). The van der Waals surface area contributed by atoms with Crippen LogP contribution in [0.15, 0.2) is 65.1 Å². The Labute approximate surface area is 187 Å². The molecule has 1 atom stereocenters. The number of aryl methyl sites for hydroxylation is 2. The van der Waals surface area contributed by atoms with Gasteiger partial charge in [0.05, 0.1) is 5.92 Å². The molecule has 0 aliphatic carbocycles. The van der Waals surface area contributed by atoms with Gasteiger partial charge in [-0.15, -0.1) is 0 Å². The van der Waals surface area contributed by atoms with E-state index >= 15 is 0 Å². The lowest BCUT2D eigenvalue weighted by atomic mass is 10.0. The van der Waals surface area contributed by atoms with Crippen LogP contribution >= 0.6 is 0 Å². The van der Waals surface area contributed by atoms with Gasteiger partial charge in [-0.2, -0.15) is 0 Å². The number of nitrogens with zero attached hydrogens (tertiary/aromatic N) is 1. The lowest BCUT2D eigenvalue weighted by Crippen LogP contribution is -2.29. The van der Waals surface area contributed by atoms with Crippen molar-refractivity contribution < 1.29 is 14.0 Å². The van der Waals surface area contributed by atoms with Gasteiger partial charge >= 0.3 is 0 Å². The quantitative estimate of drug-likeness (QED) is 0.445. The fraction of sp³-hybridized carbons (Fsp3) is 0.259. The zero-order valence-electron chi connectivity index (χ0n) is 18.4. The molecule has 0 bridgehead atoms. The van der Waals surface area contributed by atoms with Crippen molar-refractivity contribution in [3.8, 4) is 0 Å². The molecule has 1 aliphatic heterocycles. The Hall–Kier alpha value is -3.60. The second kappa shape index (κ2) is 8.15. The third-order valence-electron chi connectivity index (χ3n) is 6.38. The van der Waals surface area contributed by atoms with Crippen molar-refractivity contribution in [2.75, 3.05) is 16.8 Å². The average Bonchev–Trinajstić information content (AvgIpc) is 3.38. The normalized spacial score (nSPS) is 16.2. The summed E-state index contributed by atoms with van der Waals surface area (Å²) in [5.74, 6) is -0.514. The molecule has 4 aromatic rings. The number of amides is 2. The monoisotopic (exact) mass is 426 g/mol. The second-order valence-corrected chi connectivity index (χ2v) is 8.34. The predicted molar refractivity (Wildman–Crippen MR) is 128 cm³/mol. The van der Waals surface area contributed by atoms with Crippen LogP contribution in [-0.2, 0) is 22.4 Å². The maximum absolute atomic E-state index is 13.0. The summed E-state index contributed by atoms with van der Waals surface area (Å²) in [7, 11) is 0. The molecule has 3 aromatic carbocycles. The van der Waals surface area contributed by atoms with Crippen molar-refractivity contribution in [3.63, 3.8) is 0 Å². The Bertz CT molecular complexity index is 1320. The van der Waals surface area contributed by atoms with E-state index in [1.165, 1.54) is 0 Å². The summed E-state index contributed by atoms with van der Waals surface area (Å²) < 4.78 is 5.93. The van der Waals surface area contributed by atoms with Gasteiger partial charge in [-0.1, -0.05) is 50.2 Å². The summed E-state index contributed by atoms with van der Waals surface area (Å²) in [6.45, 7) is 4.59. The molecule has 0 spiro atoms. The number of anilines is 2. The Kier molecular flexibility index (Phi) is 5.17. The Morgan fingerprint density at radius 3 is 2.44 bits per heavy atom. The zero-order chi connectivity index (χ0) is 22.2. The van der Waals surface area contributed by atoms with Crippen molar-refractivity contribution >= 4 is 45.1 Å². The van der Waals surface area contributed by atoms with E-state index in [1.54, 1.807) is 0 Å². The molecule has 1 aromatic heterocycles. The summed E-state index contributed by atoms with van der Waals surface area (Å²) in [6.07, 6.45) is 1.92. The van der Waals surface area contributed by atoms with Crippen LogP contribution in [0.1, 0.15) is 31.4 Å². The summed E-state index contributed by atoms with van der Waals surface area (Å²) >= 11 is 0. The number of fused-ring (bicyclic) bond motifs is 3. The molecule has 5 nitrogen and oxygen atoms in total. The number of rotatable bonds is 5. The molecule has 1 fully saturated rings. The largest absolute Gasteiger partial charge is 0.456 e. The molecule has 1 saturated heterocycles. The topological polar surface area (TPSA) is 62.6 Å². The first-order valence-corrected chi connectivity index (χ1v) is 11.2. The molecule has 5 heteroatoms. The number of hydrogen-bond donors (Lipinski definition) is 1. The van der Waals surface area contributed by atoms with Gasteiger partial charge in [-0.25, -0.2) is 0 Å². The Balaban J connectivity index is 1.37. The van der Waals surface area contributed by atoms with Crippen molar-refractivity contribution in [1.29, 1.82) is 0 Å². The second-order valence-electron chi connectivity index (χ2n) is 8.34. The van der Waals surface area contributed by atoms with Crippen LogP contribution in [0, 0.1) is 5.92 Å². The van der Waals surface area contributed by atoms with Gasteiger partial charge in [0.25, 0.3) is 0 Å². The lowest BCUT2D eigenvalue weighted by molar-refractivity contribution is -0.122. The van der Waals surface area contributed by atoms with Gasteiger partial charge in [0.2, 0.25) is 11.8 Å². The van der Waals surface area contributed by atoms with Crippen LogP contribution in [0.3, 0.4) is 0 Å². The van der Waals surface area contributed by atoms with E-state index in [1.807, 2.05) is 53.4 Å². The van der Waals surface area contributed by atoms with E-state index in [0.29, 0.717) is 12.2 Å². The third kappa shape index (κ3) is 3.44.